The monoisotopic (exact) mass is 274 g/mol. The van der Waals surface area contributed by atoms with Gasteiger partial charge in [0, 0.05) is 18.0 Å². The number of amides is 2. The molecule has 2 N–H and O–H groups in total. The Balaban J connectivity index is 2.53. The molecule has 0 bridgehead atoms. The van der Waals surface area contributed by atoms with Crippen LogP contribution in [-0.2, 0) is 4.79 Å². The standard InChI is InChI=1S/C15H18N2O3/c1-8-5-6-9(2)13-12(8)10(3)14(20-13)15(19)17(4)7-11(16)18/h5-6H,7H2,1-4H3,(H2,16,18). The first kappa shape index (κ1) is 14.1. The quantitative estimate of drug-likeness (QED) is 0.928. The number of nitrogens with zero attached hydrogens (tertiary/aromatic N) is 1. The molecule has 5 nitrogen and oxygen atoms in total. The fourth-order valence-corrected chi connectivity index (χ4v) is 2.36. The molecule has 2 rings (SSSR count). The Kier molecular flexibility index (Phi) is 3.53. The highest BCUT2D eigenvalue weighted by Crippen LogP contribution is 2.31. The highest BCUT2D eigenvalue weighted by atomic mass is 16.3. The van der Waals surface area contributed by atoms with E-state index in [1.54, 1.807) is 0 Å². The predicted octanol–water partition coefficient (Wildman–Crippen LogP) is 1.92. The van der Waals surface area contributed by atoms with E-state index in [4.69, 9.17) is 10.2 Å². The number of carbonyl (C=O) groups excluding carboxylic acids is 2. The van der Waals surface area contributed by atoms with Crippen molar-refractivity contribution in [3.05, 3.63) is 34.6 Å². The number of carbonyl (C=O) groups is 2. The van der Waals surface area contributed by atoms with Crippen molar-refractivity contribution >= 4 is 22.8 Å². The van der Waals surface area contributed by atoms with Gasteiger partial charge in [0.1, 0.15) is 5.58 Å². The van der Waals surface area contributed by atoms with Crippen molar-refractivity contribution in [3.8, 4) is 0 Å². The summed E-state index contributed by atoms with van der Waals surface area (Å²) >= 11 is 0. The third-order valence-electron chi connectivity index (χ3n) is 3.42. The minimum atomic E-state index is -0.554. The minimum absolute atomic E-state index is 0.132. The van der Waals surface area contributed by atoms with Crippen LogP contribution in [0.4, 0.5) is 0 Å². The van der Waals surface area contributed by atoms with Gasteiger partial charge in [-0.2, -0.15) is 0 Å². The minimum Gasteiger partial charge on any atom is -0.450 e. The van der Waals surface area contributed by atoms with Crippen molar-refractivity contribution in [3.63, 3.8) is 0 Å². The normalized spacial score (nSPS) is 10.8. The van der Waals surface area contributed by atoms with Crippen LogP contribution in [0.15, 0.2) is 16.5 Å². The van der Waals surface area contributed by atoms with E-state index in [0.29, 0.717) is 0 Å². The molecule has 2 aromatic rings. The van der Waals surface area contributed by atoms with Crippen molar-refractivity contribution in [2.24, 2.45) is 5.73 Å². The lowest BCUT2D eigenvalue weighted by Crippen LogP contribution is -2.35. The summed E-state index contributed by atoms with van der Waals surface area (Å²) in [5.41, 5.74) is 8.66. The largest absolute Gasteiger partial charge is 0.450 e. The molecule has 20 heavy (non-hydrogen) atoms. The van der Waals surface area contributed by atoms with Crippen LogP contribution in [0.1, 0.15) is 27.2 Å². The summed E-state index contributed by atoms with van der Waals surface area (Å²) in [4.78, 5) is 24.5. The Hall–Kier alpha value is -2.30. The van der Waals surface area contributed by atoms with Crippen LogP contribution in [-0.4, -0.2) is 30.3 Å². The number of aryl methyl sites for hydroxylation is 3. The van der Waals surface area contributed by atoms with Crippen LogP contribution in [0.5, 0.6) is 0 Å². The van der Waals surface area contributed by atoms with Crippen molar-refractivity contribution < 1.29 is 14.0 Å². The Morgan fingerprint density at radius 2 is 1.80 bits per heavy atom. The summed E-state index contributed by atoms with van der Waals surface area (Å²) in [6.07, 6.45) is 0. The Labute approximate surface area is 117 Å². The van der Waals surface area contributed by atoms with Crippen LogP contribution < -0.4 is 5.73 Å². The second-order valence-electron chi connectivity index (χ2n) is 5.09. The molecule has 1 aromatic carbocycles. The van der Waals surface area contributed by atoms with Gasteiger partial charge in [-0.15, -0.1) is 0 Å². The zero-order chi connectivity index (χ0) is 15.0. The number of furan rings is 1. The van der Waals surface area contributed by atoms with Crippen LogP contribution in [0, 0.1) is 20.8 Å². The van der Waals surface area contributed by atoms with E-state index >= 15 is 0 Å². The predicted molar refractivity (Wildman–Crippen MR) is 76.6 cm³/mol. The number of likely N-dealkylation sites (N-methyl/N-ethyl adjacent to an activating group) is 1. The van der Waals surface area contributed by atoms with E-state index in [1.165, 1.54) is 11.9 Å². The average Bonchev–Trinajstić information content (AvgIpc) is 2.71. The molecule has 1 heterocycles. The van der Waals surface area contributed by atoms with Crippen LogP contribution in [0.25, 0.3) is 11.0 Å². The van der Waals surface area contributed by atoms with Crippen LogP contribution in [0.2, 0.25) is 0 Å². The van der Waals surface area contributed by atoms with Crippen LogP contribution in [0.3, 0.4) is 0 Å². The summed E-state index contributed by atoms with van der Waals surface area (Å²) < 4.78 is 5.73. The number of rotatable bonds is 3. The lowest BCUT2D eigenvalue weighted by molar-refractivity contribution is -0.118. The third-order valence-corrected chi connectivity index (χ3v) is 3.42. The van der Waals surface area contributed by atoms with Gasteiger partial charge in [0.25, 0.3) is 5.91 Å². The molecule has 0 aliphatic carbocycles. The average molecular weight is 274 g/mol. The highest BCUT2D eigenvalue weighted by molar-refractivity contribution is 6.01. The van der Waals surface area contributed by atoms with Gasteiger partial charge in [0.15, 0.2) is 5.76 Å². The summed E-state index contributed by atoms with van der Waals surface area (Å²) in [5, 5.41) is 0.959. The molecule has 0 unspecified atom stereocenters. The SMILES string of the molecule is Cc1ccc(C)c2c(C)c(C(=O)N(C)CC(N)=O)oc12. The molecule has 0 spiro atoms. The van der Waals surface area contributed by atoms with E-state index in [0.717, 1.165) is 27.7 Å². The number of benzene rings is 1. The molecule has 5 heteroatoms. The Morgan fingerprint density at radius 3 is 2.35 bits per heavy atom. The van der Waals surface area contributed by atoms with Gasteiger partial charge in [0.2, 0.25) is 5.91 Å². The number of fused-ring (bicyclic) bond motifs is 1. The first-order valence-electron chi connectivity index (χ1n) is 6.36. The fraction of sp³-hybridized carbons (Fsp3) is 0.333. The molecule has 0 saturated carbocycles. The maximum Gasteiger partial charge on any atom is 0.290 e. The van der Waals surface area contributed by atoms with Gasteiger partial charge in [0.05, 0.1) is 6.54 Å². The second-order valence-corrected chi connectivity index (χ2v) is 5.09. The van der Waals surface area contributed by atoms with Crippen LogP contribution >= 0.6 is 0 Å². The lowest BCUT2D eigenvalue weighted by atomic mass is 10.0. The van der Waals surface area contributed by atoms with E-state index in [-0.39, 0.29) is 18.2 Å². The van der Waals surface area contributed by atoms with Gasteiger partial charge in [-0.05, 0) is 31.9 Å². The lowest BCUT2D eigenvalue weighted by Gasteiger charge is -2.13. The van der Waals surface area contributed by atoms with E-state index in [1.807, 2.05) is 32.9 Å². The first-order valence-corrected chi connectivity index (χ1v) is 6.36. The fourth-order valence-electron chi connectivity index (χ4n) is 2.36. The van der Waals surface area contributed by atoms with Crippen molar-refractivity contribution in [2.75, 3.05) is 13.6 Å². The van der Waals surface area contributed by atoms with Gasteiger partial charge in [-0.1, -0.05) is 12.1 Å². The van der Waals surface area contributed by atoms with E-state index in [2.05, 4.69) is 0 Å². The zero-order valence-electron chi connectivity index (χ0n) is 12.1. The molecular weight excluding hydrogens is 256 g/mol. The molecule has 0 aliphatic heterocycles. The molecule has 2 amide bonds. The third kappa shape index (κ3) is 2.27. The summed E-state index contributed by atoms with van der Waals surface area (Å²) in [6.45, 7) is 5.63. The maximum absolute atomic E-state index is 12.3. The van der Waals surface area contributed by atoms with Gasteiger partial charge in [-0.3, -0.25) is 9.59 Å². The zero-order valence-corrected chi connectivity index (χ0v) is 12.1. The first-order chi connectivity index (χ1) is 9.32. The molecule has 106 valence electrons. The molecule has 0 aliphatic rings. The molecule has 0 fully saturated rings. The molecule has 0 atom stereocenters. The molecule has 0 saturated heterocycles. The van der Waals surface area contributed by atoms with Gasteiger partial charge < -0.3 is 15.1 Å². The highest BCUT2D eigenvalue weighted by Gasteiger charge is 2.23. The number of hydrogen-bond acceptors (Lipinski definition) is 3. The maximum atomic E-state index is 12.3. The van der Waals surface area contributed by atoms with Gasteiger partial charge >= 0.3 is 0 Å². The van der Waals surface area contributed by atoms with E-state index in [9.17, 15) is 9.59 Å². The van der Waals surface area contributed by atoms with Crippen molar-refractivity contribution in [1.29, 1.82) is 0 Å². The Morgan fingerprint density at radius 1 is 1.20 bits per heavy atom. The molecule has 1 aromatic heterocycles. The second kappa shape index (κ2) is 5.00. The number of hydrogen-bond donors (Lipinski definition) is 1. The van der Waals surface area contributed by atoms with Gasteiger partial charge in [-0.25, -0.2) is 0 Å². The van der Waals surface area contributed by atoms with Crippen molar-refractivity contribution in [1.82, 2.24) is 4.90 Å². The smallest absolute Gasteiger partial charge is 0.290 e. The summed E-state index contributed by atoms with van der Waals surface area (Å²) in [6, 6.07) is 3.96. The Bertz CT molecular complexity index is 701. The summed E-state index contributed by atoms with van der Waals surface area (Å²) in [7, 11) is 1.53. The topological polar surface area (TPSA) is 76.5 Å². The van der Waals surface area contributed by atoms with E-state index < -0.39 is 5.91 Å². The van der Waals surface area contributed by atoms with Crippen molar-refractivity contribution in [2.45, 2.75) is 20.8 Å². The number of nitrogens with two attached hydrogens (primary N) is 1. The molecular formula is C15H18N2O3. The number of primary amides is 1. The molecule has 0 radical (unpaired) electrons. The summed E-state index contributed by atoms with van der Waals surface area (Å²) in [5.74, 6) is -0.626.